The summed E-state index contributed by atoms with van der Waals surface area (Å²) in [4.78, 5) is 7.66. The van der Waals surface area contributed by atoms with E-state index in [2.05, 4.69) is 16.9 Å². The van der Waals surface area contributed by atoms with Gasteiger partial charge in [-0.2, -0.15) is 0 Å². The molecule has 13 heavy (non-hydrogen) atoms. The Morgan fingerprint density at radius 2 is 1.92 bits per heavy atom. The van der Waals surface area contributed by atoms with Gasteiger partial charge in [-0.05, 0) is 12.8 Å². The number of imidazole rings is 1. The highest BCUT2D eigenvalue weighted by Gasteiger charge is 2.29. The fourth-order valence-corrected chi connectivity index (χ4v) is 2.34. The van der Waals surface area contributed by atoms with Crippen molar-refractivity contribution in [2.75, 3.05) is 0 Å². The molecule has 72 valence electrons. The smallest absolute Gasteiger partial charge is 0.111 e. The van der Waals surface area contributed by atoms with Crippen LogP contribution >= 0.6 is 0 Å². The lowest BCUT2D eigenvalue weighted by molar-refractivity contribution is 0.388. The molecule has 1 aliphatic carbocycles. The van der Waals surface area contributed by atoms with Crippen LogP contribution in [0.2, 0.25) is 0 Å². The van der Waals surface area contributed by atoms with E-state index >= 15 is 0 Å². The lowest BCUT2D eigenvalue weighted by atomic mass is 9.82. The molecule has 1 saturated carbocycles. The third-order valence-corrected chi connectivity index (χ3v) is 3.28. The quantitative estimate of drug-likeness (QED) is 0.658. The van der Waals surface area contributed by atoms with E-state index in [-0.39, 0.29) is 0 Å². The second-order valence-corrected chi connectivity index (χ2v) is 4.41. The third-order valence-electron chi connectivity index (χ3n) is 3.28. The molecule has 0 unspecified atom stereocenters. The molecule has 1 aromatic heterocycles. The number of H-pyrrole nitrogens is 1. The van der Waals surface area contributed by atoms with Gasteiger partial charge in [-0.25, -0.2) is 4.98 Å². The first-order chi connectivity index (χ1) is 6.31. The summed E-state index contributed by atoms with van der Waals surface area (Å²) in [5.41, 5.74) is 0.319. The molecule has 0 aliphatic heterocycles. The second-order valence-electron chi connectivity index (χ2n) is 4.41. The number of rotatable bonds is 1. The van der Waals surface area contributed by atoms with Crippen LogP contribution in [0.3, 0.4) is 0 Å². The number of hydrogen-bond donors (Lipinski definition) is 1. The topological polar surface area (TPSA) is 28.7 Å². The first-order valence-corrected chi connectivity index (χ1v) is 5.31. The van der Waals surface area contributed by atoms with E-state index in [4.69, 9.17) is 0 Å². The molecular weight excluding hydrogens is 160 g/mol. The molecule has 1 heterocycles. The van der Waals surface area contributed by atoms with Crippen molar-refractivity contribution in [3.63, 3.8) is 0 Å². The molecule has 2 heteroatoms. The Hall–Kier alpha value is -0.790. The predicted molar refractivity (Wildman–Crippen MR) is 53.6 cm³/mol. The van der Waals surface area contributed by atoms with Gasteiger partial charge in [-0.15, -0.1) is 0 Å². The molecular formula is C11H18N2. The number of aromatic amines is 1. The Labute approximate surface area is 79.8 Å². The molecule has 0 aromatic carbocycles. The summed E-state index contributed by atoms with van der Waals surface area (Å²) >= 11 is 0. The van der Waals surface area contributed by atoms with Crippen molar-refractivity contribution in [1.82, 2.24) is 9.97 Å². The van der Waals surface area contributed by atoms with Crippen molar-refractivity contribution >= 4 is 0 Å². The van der Waals surface area contributed by atoms with E-state index in [0.29, 0.717) is 5.41 Å². The maximum atomic E-state index is 4.40. The van der Waals surface area contributed by atoms with Gasteiger partial charge in [0.1, 0.15) is 5.82 Å². The van der Waals surface area contributed by atoms with Gasteiger partial charge in [0, 0.05) is 17.8 Å². The van der Waals surface area contributed by atoms with Crippen LogP contribution in [0.4, 0.5) is 0 Å². The summed E-state index contributed by atoms with van der Waals surface area (Å²) in [6, 6.07) is 0. The number of hydrogen-bond acceptors (Lipinski definition) is 1. The predicted octanol–water partition coefficient (Wildman–Crippen LogP) is 3.02. The van der Waals surface area contributed by atoms with E-state index in [1.54, 1.807) is 0 Å². The van der Waals surface area contributed by atoms with Crippen LogP contribution in [-0.4, -0.2) is 9.97 Å². The Kier molecular flexibility index (Phi) is 2.38. The lowest BCUT2D eigenvalue weighted by Gasteiger charge is -2.25. The Morgan fingerprint density at radius 3 is 2.46 bits per heavy atom. The summed E-state index contributed by atoms with van der Waals surface area (Å²) in [6.45, 7) is 2.34. The number of nitrogens with one attached hydrogen (secondary N) is 1. The highest BCUT2D eigenvalue weighted by molar-refractivity contribution is 5.06. The van der Waals surface area contributed by atoms with Crippen LogP contribution in [0.25, 0.3) is 0 Å². The Bertz CT molecular complexity index is 243. The molecule has 1 fully saturated rings. The molecule has 1 aromatic rings. The van der Waals surface area contributed by atoms with E-state index in [1.807, 2.05) is 12.4 Å². The highest BCUT2D eigenvalue weighted by Crippen LogP contribution is 2.35. The molecule has 0 atom stereocenters. The van der Waals surface area contributed by atoms with Gasteiger partial charge in [0.2, 0.25) is 0 Å². The normalized spacial score (nSPS) is 22.5. The summed E-state index contributed by atoms with van der Waals surface area (Å²) in [6.07, 6.45) is 11.9. The first kappa shape index (κ1) is 8.79. The zero-order valence-corrected chi connectivity index (χ0v) is 8.34. The van der Waals surface area contributed by atoms with E-state index in [9.17, 15) is 0 Å². The first-order valence-electron chi connectivity index (χ1n) is 5.31. The zero-order valence-electron chi connectivity index (χ0n) is 8.34. The van der Waals surface area contributed by atoms with E-state index in [0.717, 1.165) is 0 Å². The molecule has 0 bridgehead atoms. The van der Waals surface area contributed by atoms with Crippen LogP contribution in [0.15, 0.2) is 12.4 Å². The molecule has 1 N–H and O–H groups in total. The standard InChI is InChI=1S/C11H18N2/c1-11(10-12-8-9-13-10)6-4-2-3-5-7-11/h8-9H,2-7H2,1H3,(H,12,13). The number of aromatic nitrogens is 2. The molecule has 0 saturated heterocycles. The van der Waals surface area contributed by atoms with Crippen LogP contribution in [0.1, 0.15) is 51.3 Å². The van der Waals surface area contributed by atoms with Crippen molar-refractivity contribution in [3.8, 4) is 0 Å². The van der Waals surface area contributed by atoms with Gasteiger partial charge in [0.15, 0.2) is 0 Å². The summed E-state index contributed by atoms with van der Waals surface area (Å²) in [5, 5.41) is 0. The molecule has 2 nitrogen and oxygen atoms in total. The summed E-state index contributed by atoms with van der Waals surface area (Å²) in [7, 11) is 0. The lowest BCUT2D eigenvalue weighted by Crippen LogP contribution is -2.22. The summed E-state index contributed by atoms with van der Waals surface area (Å²) < 4.78 is 0. The van der Waals surface area contributed by atoms with E-state index < -0.39 is 0 Å². The van der Waals surface area contributed by atoms with Crippen molar-refractivity contribution < 1.29 is 0 Å². The fraction of sp³-hybridized carbons (Fsp3) is 0.727. The third kappa shape index (κ3) is 1.77. The Balaban J connectivity index is 2.17. The van der Waals surface area contributed by atoms with Crippen LogP contribution < -0.4 is 0 Å². The minimum Gasteiger partial charge on any atom is -0.348 e. The average molecular weight is 178 g/mol. The maximum Gasteiger partial charge on any atom is 0.111 e. The molecule has 1 aliphatic rings. The van der Waals surface area contributed by atoms with Gasteiger partial charge in [0.25, 0.3) is 0 Å². The van der Waals surface area contributed by atoms with Gasteiger partial charge >= 0.3 is 0 Å². The molecule has 2 rings (SSSR count). The van der Waals surface area contributed by atoms with Crippen molar-refractivity contribution in [3.05, 3.63) is 18.2 Å². The summed E-state index contributed by atoms with van der Waals surface area (Å²) in [5.74, 6) is 1.19. The second kappa shape index (κ2) is 3.52. The van der Waals surface area contributed by atoms with Gasteiger partial charge < -0.3 is 4.98 Å². The van der Waals surface area contributed by atoms with Gasteiger partial charge in [-0.3, -0.25) is 0 Å². The molecule has 0 spiro atoms. The van der Waals surface area contributed by atoms with Crippen molar-refractivity contribution in [1.29, 1.82) is 0 Å². The Morgan fingerprint density at radius 1 is 1.23 bits per heavy atom. The average Bonchev–Trinajstić information content (AvgIpc) is 2.57. The molecule has 0 amide bonds. The zero-order chi connectivity index (χ0) is 9.15. The largest absolute Gasteiger partial charge is 0.348 e. The maximum absolute atomic E-state index is 4.40. The van der Waals surface area contributed by atoms with Gasteiger partial charge in [-0.1, -0.05) is 32.6 Å². The van der Waals surface area contributed by atoms with Crippen molar-refractivity contribution in [2.45, 2.75) is 50.9 Å². The minimum absolute atomic E-state index is 0.319. The highest BCUT2D eigenvalue weighted by atomic mass is 14.9. The van der Waals surface area contributed by atoms with Crippen LogP contribution in [0, 0.1) is 0 Å². The SMILES string of the molecule is CC1(c2ncc[nH]2)CCCCCC1. The van der Waals surface area contributed by atoms with Crippen LogP contribution in [0.5, 0.6) is 0 Å². The minimum atomic E-state index is 0.319. The van der Waals surface area contributed by atoms with Crippen LogP contribution in [-0.2, 0) is 5.41 Å². The number of nitrogens with zero attached hydrogens (tertiary/aromatic N) is 1. The monoisotopic (exact) mass is 178 g/mol. The van der Waals surface area contributed by atoms with E-state index in [1.165, 1.54) is 44.3 Å². The van der Waals surface area contributed by atoms with Crippen molar-refractivity contribution in [2.24, 2.45) is 0 Å². The fourth-order valence-electron chi connectivity index (χ4n) is 2.34. The molecule has 0 radical (unpaired) electrons. The van der Waals surface area contributed by atoms with Gasteiger partial charge in [0.05, 0.1) is 0 Å².